The van der Waals surface area contributed by atoms with Gasteiger partial charge in [-0.2, -0.15) is 0 Å². The van der Waals surface area contributed by atoms with Crippen LogP contribution in [0.4, 0.5) is 0 Å². The highest BCUT2D eigenvalue weighted by Crippen LogP contribution is 2.38. The molecule has 20 heavy (non-hydrogen) atoms. The minimum absolute atomic E-state index is 0.155. The summed E-state index contributed by atoms with van der Waals surface area (Å²) in [6.45, 7) is 9.11. The second kappa shape index (κ2) is 6.12. The van der Waals surface area contributed by atoms with Gasteiger partial charge in [0.2, 0.25) is 0 Å². The zero-order chi connectivity index (χ0) is 14.0. The molecule has 1 N–H and O–H groups in total. The number of thiazole rings is 1. The SMILES string of the molecule is CCNC1(c2nc3c(s2)CCCC3)CCN(CC)CC1. The van der Waals surface area contributed by atoms with Crippen molar-refractivity contribution in [3.63, 3.8) is 0 Å². The third-order valence-electron chi connectivity index (χ3n) is 4.93. The van der Waals surface area contributed by atoms with Crippen LogP contribution in [0.25, 0.3) is 0 Å². The predicted octanol–water partition coefficient (Wildman–Crippen LogP) is 2.94. The van der Waals surface area contributed by atoms with Crippen molar-refractivity contribution in [2.75, 3.05) is 26.2 Å². The minimum atomic E-state index is 0.155. The molecule has 1 fully saturated rings. The Balaban J connectivity index is 1.84. The van der Waals surface area contributed by atoms with Crippen molar-refractivity contribution in [3.05, 3.63) is 15.6 Å². The summed E-state index contributed by atoms with van der Waals surface area (Å²) in [4.78, 5) is 9.18. The van der Waals surface area contributed by atoms with Gasteiger partial charge in [0.25, 0.3) is 0 Å². The van der Waals surface area contributed by atoms with Gasteiger partial charge in [-0.1, -0.05) is 13.8 Å². The van der Waals surface area contributed by atoms with Crippen LogP contribution in [0.3, 0.4) is 0 Å². The molecule has 1 aromatic heterocycles. The van der Waals surface area contributed by atoms with Gasteiger partial charge in [0.1, 0.15) is 5.01 Å². The minimum Gasteiger partial charge on any atom is -0.306 e. The molecule has 2 aliphatic rings. The summed E-state index contributed by atoms with van der Waals surface area (Å²) >= 11 is 2.00. The molecule has 1 aromatic rings. The quantitative estimate of drug-likeness (QED) is 0.925. The van der Waals surface area contributed by atoms with Crippen LogP contribution < -0.4 is 5.32 Å². The zero-order valence-corrected chi connectivity index (χ0v) is 13.7. The highest BCUT2D eigenvalue weighted by atomic mass is 32.1. The zero-order valence-electron chi connectivity index (χ0n) is 12.9. The van der Waals surface area contributed by atoms with E-state index in [0.29, 0.717) is 0 Å². The molecule has 1 saturated heterocycles. The number of rotatable bonds is 4. The Morgan fingerprint density at radius 2 is 1.95 bits per heavy atom. The molecule has 0 radical (unpaired) electrons. The first kappa shape index (κ1) is 14.5. The maximum atomic E-state index is 5.05. The lowest BCUT2D eigenvalue weighted by Crippen LogP contribution is -2.51. The average Bonchev–Trinajstić information content (AvgIpc) is 2.93. The van der Waals surface area contributed by atoms with E-state index in [1.54, 1.807) is 4.88 Å². The molecule has 1 aliphatic carbocycles. The number of likely N-dealkylation sites (tertiary alicyclic amines) is 1. The van der Waals surface area contributed by atoms with Crippen molar-refractivity contribution in [1.82, 2.24) is 15.2 Å². The molecule has 0 unspecified atom stereocenters. The van der Waals surface area contributed by atoms with Gasteiger partial charge in [-0.05, 0) is 51.6 Å². The van der Waals surface area contributed by atoms with Crippen molar-refractivity contribution in [3.8, 4) is 0 Å². The van der Waals surface area contributed by atoms with Crippen molar-refractivity contribution >= 4 is 11.3 Å². The van der Waals surface area contributed by atoms with Crippen LogP contribution in [0, 0.1) is 0 Å². The highest BCUT2D eigenvalue weighted by molar-refractivity contribution is 7.11. The Hall–Kier alpha value is -0.450. The fraction of sp³-hybridized carbons (Fsp3) is 0.812. The Kier molecular flexibility index (Phi) is 4.43. The van der Waals surface area contributed by atoms with E-state index in [9.17, 15) is 0 Å². The molecular formula is C16H27N3S. The maximum absolute atomic E-state index is 5.05. The monoisotopic (exact) mass is 293 g/mol. The molecule has 3 rings (SSSR count). The van der Waals surface area contributed by atoms with E-state index in [2.05, 4.69) is 24.1 Å². The largest absolute Gasteiger partial charge is 0.306 e. The van der Waals surface area contributed by atoms with Crippen LogP contribution in [0.1, 0.15) is 55.1 Å². The lowest BCUT2D eigenvalue weighted by molar-refractivity contribution is 0.140. The lowest BCUT2D eigenvalue weighted by Gasteiger charge is -2.41. The molecule has 3 nitrogen and oxygen atoms in total. The molecular weight excluding hydrogens is 266 g/mol. The summed E-state index contributed by atoms with van der Waals surface area (Å²) in [6, 6.07) is 0. The van der Waals surface area contributed by atoms with Gasteiger partial charge >= 0.3 is 0 Å². The Morgan fingerprint density at radius 3 is 2.60 bits per heavy atom. The molecule has 0 aromatic carbocycles. The van der Waals surface area contributed by atoms with Gasteiger partial charge in [0, 0.05) is 18.0 Å². The van der Waals surface area contributed by atoms with E-state index in [1.165, 1.54) is 68.9 Å². The number of fused-ring (bicyclic) bond motifs is 1. The Bertz CT molecular complexity index is 423. The second-order valence-corrected chi connectivity index (χ2v) is 7.23. The number of piperidine rings is 1. The molecule has 0 bridgehead atoms. The smallest absolute Gasteiger partial charge is 0.113 e. The first-order valence-electron chi connectivity index (χ1n) is 8.24. The van der Waals surface area contributed by atoms with Crippen LogP contribution in [0.2, 0.25) is 0 Å². The molecule has 2 heterocycles. The fourth-order valence-corrected chi connectivity index (χ4v) is 4.99. The van der Waals surface area contributed by atoms with Gasteiger partial charge < -0.3 is 10.2 Å². The van der Waals surface area contributed by atoms with E-state index in [-0.39, 0.29) is 5.54 Å². The van der Waals surface area contributed by atoms with E-state index < -0.39 is 0 Å². The fourth-order valence-electron chi connectivity index (χ4n) is 3.61. The van der Waals surface area contributed by atoms with Crippen LogP contribution in [0.5, 0.6) is 0 Å². The van der Waals surface area contributed by atoms with Gasteiger partial charge in [-0.25, -0.2) is 4.98 Å². The average molecular weight is 293 g/mol. The van der Waals surface area contributed by atoms with Gasteiger partial charge in [-0.3, -0.25) is 0 Å². The summed E-state index contributed by atoms with van der Waals surface area (Å²) in [5, 5.41) is 5.17. The van der Waals surface area contributed by atoms with E-state index >= 15 is 0 Å². The Morgan fingerprint density at radius 1 is 1.20 bits per heavy atom. The molecule has 0 amide bonds. The van der Waals surface area contributed by atoms with Crippen molar-refractivity contribution in [2.45, 2.75) is 57.9 Å². The third-order valence-corrected chi connectivity index (χ3v) is 6.29. The van der Waals surface area contributed by atoms with Gasteiger partial charge in [0.15, 0.2) is 0 Å². The van der Waals surface area contributed by atoms with Crippen molar-refractivity contribution in [1.29, 1.82) is 0 Å². The number of hydrogen-bond donors (Lipinski definition) is 1. The van der Waals surface area contributed by atoms with Crippen LogP contribution in [0.15, 0.2) is 0 Å². The number of aryl methyl sites for hydroxylation is 2. The molecule has 4 heteroatoms. The van der Waals surface area contributed by atoms with E-state index in [0.717, 1.165) is 6.54 Å². The van der Waals surface area contributed by atoms with E-state index in [4.69, 9.17) is 4.98 Å². The first-order chi connectivity index (χ1) is 9.77. The molecule has 0 atom stereocenters. The van der Waals surface area contributed by atoms with Crippen LogP contribution in [-0.4, -0.2) is 36.1 Å². The summed E-state index contributed by atoms with van der Waals surface area (Å²) in [5.41, 5.74) is 1.56. The normalized spacial score (nSPS) is 22.7. The molecule has 0 saturated carbocycles. The van der Waals surface area contributed by atoms with Crippen LogP contribution >= 0.6 is 11.3 Å². The van der Waals surface area contributed by atoms with Gasteiger partial charge in [0.05, 0.1) is 11.2 Å². The maximum Gasteiger partial charge on any atom is 0.113 e. The Labute approximate surface area is 126 Å². The summed E-state index contributed by atoms with van der Waals surface area (Å²) in [5.74, 6) is 0. The number of nitrogens with one attached hydrogen (secondary N) is 1. The van der Waals surface area contributed by atoms with Crippen LogP contribution in [-0.2, 0) is 18.4 Å². The highest BCUT2D eigenvalue weighted by Gasteiger charge is 2.38. The van der Waals surface area contributed by atoms with Gasteiger partial charge in [-0.15, -0.1) is 11.3 Å². The number of aromatic nitrogens is 1. The van der Waals surface area contributed by atoms with Crippen molar-refractivity contribution in [2.24, 2.45) is 0 Å². The summed E-state index contributed by atoms with van der Waals surface area (Å²) < 4.78 is 0. The third kappa shape index (κ3) is 2.66. The predicted molar refractivity (Wildman–Crippen MR) is 85.5 cm³/mol. The number of nitrogens with zero attached hydrogens (tertiary/aromatic N) is 2. The van der Waals surface area contributed by atoms with E-state index in [1.807, 2.05) is 11.3 Å². The summed E-state index contributed by atoms with van der Waals surface area (Å²) in [7, 11) is 0. The molecule has 112 valence electrons. The molecule has 1 aliphatic heterocycles. The first-order valence-corrected chi connectivity index (χ1v) is 9.05. The lowest BCUT2D eigenvalue weighted by atomic mass is 9.87. The second-order valence-electron chi connectivity index (χ2n) is 6.14. The topological polar surface area (TPSA) is 28.2 Å². The standard InChI is InChI=1S/C16H27N3S/c1-3-17-16(9-11-19(4-2)12-10-16)15-18-13-7-5-6-8-14(13)20-15/h17H,3-12H2,1-2H3. The molecule has 0 spiro atoms. The van der Waals surface area contributed by atoms with Crippen molar-refractivity contribution < 1.29 is 0 Å². The summed E-state index contributed by atoms with van der Waals surface area (Å²) in [6.07, 6.45) is 7.56. The number of hydrogen-bond acceptors (Lipinski definition) is 4.